The molecular weight excluding hydrogens is 1060 g/mol. The predicted octanol–water partition coefficient (Wildman–Crippen LogP) is 5.89. The number of guanidine groups is 1. The number of benzene rings is 3. The topological polar surface area (TPSA) is 277 Å². The molecule has 3 aromatic carbocycles. The number of nitrogens with two attached hydrogens (primary N) is 2. The Kier molecular flexibility index (Phi) is 19.4. The van der Waals surface area contributed by atoms with Gasteiger partial charge in [0.2, 0.25) is 11.9 Å². The minimum atomic E-state index is -1.65. The number of aromatic hydroxyl groups is 1. The van der Waals surface area contributed by atoms with Crippen molar-refractivity contribution < 1.29 is 45.0 Å². The first-order chi connectivity index (χ1) is 40.2. The number of aliphatic hydroxyl groups is 5. The molecule has 84 heavy (non-hydrogen) atoms. The summed E-state index contributed by atoms with van der Waals surface area (Å²) in [5, 5.41) is 86.9. The number of amides is 1. The minimum absolute atomic E-state index is 0.0686. The van der Waals surface area contributed by atoms with Gasteiger partial charge in [0, 0.05) is 68.0 Å². The molecule has 2 bridgehead atoms. The third-order valence-electron chi connectivity index (χ3n) is 19.1. The number of β-amino-alcohol motifs (C(OH)–C–C–N with tert-alkyl or cyclic N) is 1. The lowest BCUT2D eigenvalue weighted by Gasteiger charge is -2.56. The first-order valence-electron chi connectivity index (χ1n) is 29.8. The van der Waals surface area contributed by atoms with Crippen LogP contribution in [0.15, 0.2) is 130 Å². The molecule has 16 nitrogen and oxygen atoms in total. The molecule has 12 atom stereocenters. The van der Waals surface area contributed by atoms with Gasteiger partial charge in [-0.3, -0.25) is 20.2 Å². The Morgan fingerprint density at radius 1 is 0.940 bits per heavy atom. The molecule has 0 aromatic heterocycles. The molecule has 2 aliphatic carbocycles. The van der Waals surface area contributed by atoms with E-state index in [0.29, 0.717) is 72.9 Å². The quantitative estimate of drug-likeness (QED) is 0.0825. The normalized spacial score (nSPS) is 34.6. The number of Topliss-reactive ketones (excluding diaryl/α,β-unsaturated/α-hetero) is 1. The van der Waals surface area contributed by atoms with Crippen molar-refractivity contribution in [2.24, 2.45) is 39.6 Å². The number of hydrogen-bond donors (Lipinski definition) is 12. The number of hydrogen-bond acceptors (Lipinski definition) is 15. The third-order valence-corrected chi connectivity index (χ3v) is 19.1. The Morgan fingerprint density at radius 2 is 1.70 bits per heavy atom. The van der Waals surface area contributed by atoms with Crippen molar-refractivity contribution in [3.8, 4) is 29.6 Å². The average Bonchev–Trinajstić information content (AvgIpc) is 3.93. The predicted molar refractivity (Wildman–Crippen MR) is 325 cm³/mol. The molecule has 4 heterocycles. The van der Waals surface area contributed by atoms with Crippen molar-refractivity contribution in [3.63, 3.8) is 0 Å². The Labute approximate surface area is 494 Å². The lowest BCUT2D eigenvalue weighted by atomic mass is 9.52. The van der Waals surface area contributed by atoms with Crippen LogP contribution in [0, 0.1) is 47.0 Å². The monoisotopic (exact) mass is 1140 g/mol. The number of nitrogens with one attached hydrogen (secondary N) is 4. The summed E-state index contributed by atoms with van der Waals surface area (Å²) in [4.78, 5) is 34.0. The smallest absolute Gasteiger partial charge is 0.243 e. The Morgan fingerprint density at radius 3 is 2.48 bits per heavy atom. The summed E-state index contributed by atoms with van der Waals surface area (Å²) in [5.41, 5.74) is 15.2. The molecular formula is C68H85N7O9. The van der Waals surface area contributed by atoms with Crippen LogP contribution in [-0.2, 0) is 33.6 Å². The number of nitrogens with zero attached hydrogens (tertiary/aromatic N) is 1. The van der Waals surface area contributed by atoms with Crippen molar-refractivity contribution in [1.29, 1.82) is 0 Å². The summed E-state index contributed by atoms with van der Waals surface area (Å²) >= 11 is 0. The zero-order valence-corrected chi connectivity index (χ0v) is 49.0. The van der Waals surface area contributed by atoms with E-state index in [-0.39, 0.29) is 82.3 Å². The van der Waals surface area contributed by atoms with Gasteiger partial charge in [-0.05, 0) is 147 Å². The van der Waals surface area contributed by atoms with E-state index < -0.39 is 76.3 Å². The van der Waals surface area contributed by atoms with Crippen molar-refractivity contribution in [2.75, 3.05) is 32.8 Å². The Hall–Kier alpha value is -6.67. The van der Waals surface area contributed by atoms with E-state index in [4.69, 9.17) is 16.2 Å². The van der Waals surface area contributed by atoms with Crippen LogP contribution < -0.4 is 32.7 Å². The Bertz CT molecular complexity index is 3250. The molecule has 6 aliphatic rings. The number of aliphatic hydroxyl groups excluding tert-OH is 2. The molecule has 0 saturated heterocycles. The molecule has 0 unspecified atom stereocenters. The second-order valence-electron chi connectivity index (χ2n) is 24.4. The molecule has 1 spiro atoms. The van der Waals surface area contributed by atoms with E-state index >= 15 is 4.79 Å². The summed E-state index contributed by atoms with van der Waals surface area (Å²) in [6.45, 7) is 12.7. The minimum Gasteiger partial charge on any atom is -0.508 e. The van der Waals surface area contributed by atoms with E-state index in [1.54, 1.807) is 25.1 Å². The van der Waals surface area contributed by atoms with Gasteiger partial charge in [0.15, 0.2) is 5.78 Å². The van der Waals surface area contributed by atoms with Crippen LogP contribution >= 0.6 is 0 Å². The maximum atomic E-state index is 15.3. The number of ketones is 1. The van der Waals surface area contributed by atoms with Crippen LogP contribution in [-0.4, -0.2) is 110 Å². The number of carbonyl (C=O) groups is 2. The van der Waals surface area contributed by atoms with Crippen molar-refractivity contribution in [2.45, 2.75) is 152 Å². The fraction of sp³-hybridized carbons (Fsp3) is 0.485. The molecule has 4 aliphatic heterocycles. The second kappa shape index (κ2) is 26.3. The molecule has 16 heteroatoms. The van der Waals surface area contributed by atoms with E-state index in [1.807, 2.05) is 93.6 Å². The highest BCUT2D eigenvalue weighted by molar-refractivity contribution is 5.98. The van der Waals surface area contributed by atoms with E-state index in [9.17, 15) is 35.4 Å². The third kappa shape index (κ3) is 13.2. The van der Waals surface area contributed by atoms with Gasteiger partial charge in [0.25, 0.3) is 0 Å². The summed E-state index contributed by atoms with van der Waals surface area (Å²) in [6.07, 6.45) is 7.94. The van der Waals surface area contributed by atoms with Crippen LogP contribution in [0.2, 0.25) is 0 Å². The summed E-state index contributed by atoms with van der Waals surface area (Å²) < 4.78 is 6.23. The van der Waals surface area contributed by atoms with Crippen molar-refractivity contribution >= 4 is 17.6 Å². The summed E-state index contributed by atoms with van der Waals surface area (Å²) in [7, 11) is 0. The van der Waals surface area contributed by atoms with Gasteiger partial charge in [-0.2, -0.15) is 4.99 Å². The van der Waals surface area contributed by atoms with Crippen LogP contribution in [0.4, 0.5) is 0 Å². The van der Waals surface area contributed by atoms with Gasteiger partial charge < -0.3 is 57.5 Å². The maximum Gasteiger partial charge on any atom is 0.243 e. The summed E-state index contributed by atoms with van der Waals surface area (Å²) in [5.74, 6) is 6.79. The lowest BCUT2D eigenvalue weighted by molar-refractivity contribution is -0.168. The van der Waals surface area contributed by atoms with Crippen molar-refractivity contribution in [3.05, 3.63) is 159 Å². The lowest BCUT2D eigenvalue weighted by Crippen LogP contribution is -2.59. The number of phenolic OH excluding ortho intramolecular Hbond substituents is 1. The molecule has 446 valence electrons. The van der Waals surface area contributed by atoms with Crippen LogP contribution in [0.5, 0.6) is 5.75 Å². The van der Waals surface area contributed by atoms with Crippen LogP contribution in [0.1, 0.15) is 137 Å². The number of likely N-dealkylation sites (N-methyl/N-ethyl adjacent to an activating group) is 1. The summed E-state index contributed by atoms with van der Waals surface area (Å²) in [6, 6.07) is 22.0. The van der Waals surface area contributed by atoms with E-state index in [2.05, 4.69) is 56.6 Å². The number of carbonyl (C=O) groups excluding carboxylic acids is 2. The molecule has 2 fully saturated rings. The number of ether oxygens (including phenoxy) is 1. The zero-order chi connectivity index (χ0) is 60.0. The number of fused-ring (bicyclic) bond motifs is 5. The molecule has 2 saturated carbocycles. The number of allylic oxidation sites excluding steroid dienone is 5. The first kappa shape index (κ1) is 61.9. The standard InChI is InChI=1S/C68H85N7O9/c1-6-74-68(83)32-26-42(2)13-7-8-34-84-40-49(18-9-14-43(68)3)53-28-31-67(61(53)79)56-25-24-51(77)36-45-15-10-16-46(35-45)37-57-55(47-20-22-50(76)23-21-47)39-72-64(70)71-33-12-29-66(57,82)41-73-60-59-48(17-11-19-54(59)62(69)75-63(60)80)38-58(78)44(4)52(56)27-30-65(67,5)81/h9-11,14-23,26,35,51,53,55-57,60-62,73-74,76-77,79,81-83H,3,6,13,24-25,27-32,34,36-41,69H2,1-2,4-5H3,(H,75,80)(H3,70,71,72)/b14-9+,42-26+,49-18-,52-44?/t51-,53-,55-,56-,57-,60-,61-,62+,65-,66+,67-,68+/m1/s1. The zero-order valence-electron chi connectivity index (χ0n) is 49.0. The number of phenols is 1. The fourth-order valence-corrected chi connectivity index (χ4v) is 14.4. The van der Waals surface area contributed by atoms with Crippen molar-refractivity contribution in [1.82, 2.24) is 21.3 Å². The molecule has 14 N–H and O–H groups in total. The first-order valence-corrected chi connectivity index (χ1v) is 29.8. The molecule has 9 rings (SSSR count). The second-order valence-corrected chi connectivity index (χ2v) is 24.4. The van der Waals surface area contributed by atoms with Crippen LogP contribution in [0.3, 0.4) is 0 Å². The maximum absolute atomic E-state index is 15.3. The molecule has 3 aromatic rings. The van der Waals surface area contributed by atoms with Gasteiger partial charge in [-0.25, -0.2) is 0 Å². The van der Waals surface area contributed by atoms with Gasteiger partial charge >= 0.3 is 0 Å². The highest BCUT2D eigenvalue weighted by atomic mass is 16.5. The average molecular weight is 1140 g/mol. The van der Waals surface area contributed by atoms with E-state index in [0.717, 1.165) is 33.4 Å². The number of rotatable bonds is 4. The van der Waals surface area contributed by atoms with Gasteiger partial charge in [-0.1, -0.05) is 121 Å². The fourth-order valence-electron chi connectivity index (χ4n) is 14.4. The van der Waals surface area contributed by atoms with E-state index in [1.165, 1.54) is 0 Å². The van der Waals surface area contributed by atoms with Gasteiger partial charge in [-0.15, -0.1) is 0 Å². The highest BCUT2D eigenvalue weighted by Crippen LogP contribution is 2.63. The van der Waals surface area contributed by atoms with Gasteiger partial charge in [0.05, 0.1) is 30.0 Å². The Balaban J connectivity index is 1.14. The molecule has 0 radical (unpaired) electrons. The largest absolute Gasteiger partial charge is 0.508 e. The van der Waals surface area contributed by atoms with Gasteiger partial charge in [0.1, 0.15) is 30.3 Å². The molecule has 1 amide bonds. The van der Waals surface area contributed by atoms with Crippen LogP contribution in [0.25, 0.3) is 0 Å². The number of aliphatic imine (C=N–C) groups is 1. The highest BCUT2D eigenvalue weighted by Gasteiger charge is 2.64. The SMILES string of the molecule is C=C1/C=C/C=C(\[C@H]2CC[C@@]3([C@@H]4CC[C@@H](O)Cc5cccc(c5)C[C@@H]5[C@@H](c6ccc(O)cc6)CNC(N)=NC#CC[C@]5(O)CN[C@H]5C(=O)N[C@H](N)c6cccc(c65)CC(=O)C(C)=C4CC[C@@]3(C)O)[C@@H]2O)COCC#CC/C(C)=C/C[C@@]1(O)NCC.